The summed E-state index contributed by atoms with van der Waals surface area (Å²) in [7, 11) is -1.40. The molecule has 4 rings (SSSR count). The molecule has 3 aromatic carbocycles. The van der Waals surface area contributed by atoms with Gasteiger partial charge in [-0.25, -0.2) is 0 Å². The van der Waals surface area contributed by atoms with Crippen LogP contribution in [0.2, 0.25) is 0 Å². The van der Waals surface area contributed by atoms with Crippen LogP contribution in [0.25, 0.3) is 0 Å². The molecule has 5 nitrogen and oxygen atoms in total. The molecule has 0 saturated heterocycles. The number of benzene rings is 3. The van der Waals surface area contributed by atoms with Crippen molar-refractivity contribution in [3.05, 3.63) is 95.6 Å². The zero-order valence-corrected chi connectivity index (χ0v) is 16.5. The van der Waals surface area contributed by atoms with Crippen molar-refractivity contribution in [2.45, 2.75) is 18.0 Å². The van der Waals surface area contributed by atoms with Gasteiger partial charge in [-0.05, 0) is 29.3 Å². The number of nitrogens with one attached hydrogen (secondary N) is 1. The van der Waals surface area contributed by atoms with Crippen LogP contribution in [0.4, 0.5) is 5.69 Å². The van der Waals surface area contributed by atoms with Gasteiger partial charge in [0.1, 0.15) is 5.75 Å². The molecule has 0 aromatic heterocycles. The lowest BCUT2D eigenvalue weighted by molar-refractivity contribution is -0.116. The zero-order chi connectivity index (χ0) is 20.2. The molecule has 1 aliphatic heterocycles. The number of carbonyl (C=O) groups is 2. The first-order chi connectivity index (χ1) is 14.1. The molecule has 1 unspecified atom stereocenters. The molecule has 0 aliphatic carbocycles. The van der Waals surface area contributed by atoms with Gasteiger partial charge in [-0.3, -0.25) is 13.8 Å². The average molecular weight is 404 g/mol. The standard InChI is InChI=1S/C23H20N2O3S/c26-22-16-29(28)21-12-11-19(23(27)24-14-17-7-3-1-4-8-17)13-20(21)25(22)15-18-9-5-2-6-10-18/h1-13H,14-16H2,(H,24,27). The molecule has 146 valence electrons. The van der Waals surface area contributed by atoms with Crippen LogP contribution in [0.15, 0.2) is 83.8 Å². The van der Waals surface area contributed by atoms with Gasteiger partial charge >= 0.3 is 0 Å². The molecule has 1 N–H and O–H groups in total. The van der Waals surface area contributed by atoms with Crippen molar-refractivity contribution in [3.8, 4) is 0 Å². The zero-order valence-electron chi connectivity index (χ0n) is 15.7. The van der Waals surface area contributed by atoms with E-state index in [0.717, 1.165) is 11.1 Å². The molecule has 0 saturated carbocycles. The van der Waals surface area contributed by atoms with Gasteiger partial charge in [0.25, 0.3) is 5.91 Å². The smallest absolute Gasteiger partial charge is 0.251 e. The number of nitrogens with zero attached hydrogens (tertiary/aromatic N) is 1. The third kappa shape index (κ3) is 4.27. The Bertz CT molecular complexity index is 1070. The largest absolute Gasteiger partial charge is 0.348 e. The number of hydrogen-bond acceptors (Lipinski definition) is 3. The summed E-state index contributed by atoms with van der Waals surface area (Å²) in [6.45, 7) is 0.786. The summed E-state index contributed by atoms with van der Waals surface area (Å²) in [5.74, 6) is -0.485. The highest BCUT2D eigenvalue weighted by molar-refractivity contribution is 7.86. The Hall–Kier alpha value is -3.25. The van der Waals surface area contributed by atoms with E-state index in [-0.39, 0.29) is 17.6 Å². The van der Waals surface area contributed by atoms with E-state index in [0.29, 0.717) is 29.2 Å². The molecule has 1 heterocycles. The predicted molar refractivity (Wildman–Crippen MR) is 113 cm³/mol. The first kappa shape index (κ1) is 19.1. The monoisotopic (exact) mass is 404 g/mol. The summed E-state index contributed by atoms with van der Waals surface area (Å²) < 4.78 is 12.4. The van der Waals surface area contributed by atoms with E-state index >= 15 is 0 Å². The predicted octanol–water partition coefficient (Wildman–Crippen LogP) is 3.27. The molecule has 1 aliphatic rings. The Morgan fingerprint density at radius 3 is 2.28 bits per heavy atom. The molecule has 3 aromatic rings. The molecular weight excluding hydrogens is 384 g/mol. The van der Waals surface area contributed by atoms with Crippen molar-refractivity contribution in [2.24, 2.45) is 0 Å². The summed E-state index contributed by atoms with van der Waals surface area (Å²) in [4.78, 5) is 27.4. The van der Waals surface area contributed by atoms with Crippen LogP contribution in [-0.2, 0) is 28.7 Å². The number of amides is 2. The highest BCUT2D eigenvalue weighted by Crippen LogP contribution is 2.31. The first-order valence-corrected chi connectivity index (χ1v) is 10.6. The van der Waals surface area contributed by atoms with E-state index in [9.17, 15) is 13.8 Å². The topological polar surface area (TPSA) is 66.5 Å². The number of fused-ring (bicyclic) bond motifs is 1. The van der Waals surface area contributed by atoms with Crippen molar-refractivity contribution in [1.29, 1.82) is 0 Å². The summed E-state index contributed by atoms with van der Waals surface area (Å²) >= 11 is 0. The normalized spacial score (nSPS) is 15.7. The van der Waals surface area contributed by atoms with Crippen LogP contribution in [0.5, 0.6) is 0 Å². The van der Waals surface area contributed by atoms with Gasteiger partial charge in [0.05, 0.1) is 27.9 Å². The van der Waals surface area contributed by atoms with E-state index in [1.54, 1.807) is 23.1 Å². The summed E-state index contributed by atoms with van der Waals surface area (Å²) in [6.07, 6.45) is 0. The van der Waals surface area contributed by atoms with Crippen LogP contribution in [-0.4, -0.2) is 21.8 Å². The second-order valence-corrected chi connectivity index (χ2v) is 8.23. The maximum atomic E-state index is 12.6. The quantitative estimate of drug-likeness (QED) is 0.710. The van der Waals surface area contributed by atoms with Gasteiger partial charge in [0, 0.05) is 12.1 Å². The fraction of sp³-hybridized carbons (Fsp3) is 0.130. The Kier molecular flexibility index (Phi) is 5.53. The van der Waals surface area contributed by atoms with Crippen molar-refractivity contribution in [1.82, 2.24) is 5.32 Å². The van der Waals surface area contributed by atoms with Crippen molar-refractivity contribution in [3.63, 3.8) is 0 Å². The second kappa shape index (κ2) is 8.41. The molecule has 0 fully saturated rings. The minimum Gasteiger partial charge on any atom is -0.348 e. The lowest BCUT2D eigenvalue weighted by Crippen LogP contribution is -2.38. The Labute approximate surface area is 171 Å². The van der Waals surface area contributed by atoms with Gasteiger partial charge in [0.15, 0.2) is 0 Å². The molecule has 6 heteroatoms. The highest BCUT2D eigenvalue weighted by Gasteiger charge is 2.30. The molecule has 29 heavy (non-hydrogen) atoms. The van der Waals surface area contributed by atoms with E-state index in [4.69, 9.17) is 0 Å². The van der Waals surface area contributed by atoms with E-state index in [1.807, 2.05) is 60.7 Å². The molecule has 0 radical (unpaired) electrons. The second-order valence-electron chi connectivity index (χ2n) is 6.81. The summed E-state index contributed by atoms with van der Waals surface area (Å²) in [5.41, 5.74) is 2.94. The molecule has 0 bridgehead atoms. The van der Waals surface area contributed by atoms with E-state index in [2.05, 4.69) is 5.32 Å². The van der Waals surface area contributed by atoms with Crippen LogP contribution >= 0.6 is 0 Å². The third-order valence-electron chi connectivity index (χ3n) is 4.79. The number of rotatable bonds is 5. The molecule has 0 spiro atoms. The van der Waals surface area contributed by atoms with Crippen LogP contribution in [0, 0.1) is 0 Å². The van der Waals surface area contributed by atoms with Crippen molar-refractivity contribution in [2.75, 3.05) is 10.7 Å². The van der Waals surface area contributed by atoms with E-state index < -0.39 is 10.8 Å². The number of carbonyl (C=O) groups excluding carboxylic acids is 2. The van der Waals surface area contributed by atoms with Gasteiger partial charge < -0.3 is 10.2 Å². The number of hydrogen-bond donors (Lipinski definition) is 1. The average Bonchev–Trinajstić information content (AvgIpc) is 2.76. The minimum absolute atomic E-state index is 0.0423. The lowest BCUT2D eigenvalue weighted by Gasteiger charge is -2.29. The first-order valence-electron chi connectivity index (χ1n) is 9.30. The van der Waals surface area contributed by atoms with Crippen LogP contribution in [0.3, 0.4) is 0 Å². The highest BCUT2D eigenvalue weighted by atomic mass is 32.2. The maximum Gasteiger partial charge on any atom is 0.251 e. The molecule has 1 atom stereocenters. The van der Waals surface area contributed by atoms with Gasteiger partial charge in [-0.1, -0.05) is 60.7 Å². The minimum atomic E-state index is -1.40. The lowest BCUT2D eigenvalue weighted by atomic mass is 10.1. The summed E-state index contributed by atoms with van der Waals surface area (Å²) in [5, 5.41) is 2.89. The van der Waals surface area contributed by atoms with Gasteiger partial charge in [0.2, 0.25) is 5.91 Å². The Morgan fingerprint density at radius 2 is 1.59 bits per heavy atom. The Morgan fingerprint density at radius 1 is 0.931 bits per heavy atom. The SMILES string of the molecule is O=C(NCc1ccccc1)c1ccc2c(c1)N(Cc1ccccc1)C(=O)CS2=O. The van der Waals surface area contributed by atoms with Gasteiger partial charge in [-0.15, -0.1) is 0 Å². The maximum absolute atomic E-state index is 12.6. The fourth-order valence-electron chi connectivity index (χ4n) is 3.28. The van der Waals surface area contributed by atoms with Gasteiger partial charge in [-0.2, -0.15) is 0 Å². The van der Waals surface area contributed by atoms with Crippen LogP contribution < -0.4 is 10.2 Å². The fourth-order valence-corrected chi connectivity index (χ4v) is 4.44. The summed E-state index contributed by atoms with van der Waals surface area (Å²) in [6, 6.07) is 24.3. The third-order valence-corrected chi connectivity index (χ3v) is 6.14. The van der Waals surface area contributed by atoms with Crippen molar-refractivity contribution < 1.29 is 13.8 Å². The molecular formula is C23H20N2O3S. The number of anilines is 1. The Balaban J connectivity index is 1.59. The van der Waals surface area contributed by atoms with Crippen LogP contribution in [0.1, 0.15) is 21.5 Å². The molecule has 2 amide bonds. The van der Waals surface area contributed by atoms with E-state index in [1.165, 1.54) is 0 Å². The van der Waals surface area contributed by atoms with Crippen molar-refractivity contribution >= 4 is 28.3 Å².